The van der Waals surface area contributed by atoms with Gasteiger partial charge in [-0.25, -0.2) is 4.79 Å². The summed E-state index contributed by atoms with van der Waals surface area (Å²) >= 11 is 0. The zero-order chi connectivity index (χ0) is 21.1. The maximum atomic E-state index is 12.3. The van der Waals surface area contributed by atoms with Crippen LogP contribution < -0.4 is 15.0 Å². The Bertz CT molecular complexity index is 910. The summed E-state index contributed by atoms with van der Waals surface area (Å²) in [6, 6.07) is 13.5. The highest BCUT2D eigenvalue weighted by Crippen LogP contribution is 2.40. The number of amides is 2. The summed E-state index contributed by atoms with van der Waals surface area (Å²) in [6.45, 7) is 7.19. The smallest absolute Gasteiger partial charge is 0.407 e. The van der Waals surface area contributed by atoms with Gasteiger partial charge in [0, 0.05) is 18.7 Å². The van der Waals surface area contributed by atoms with Crippen molar-refractivity contribution in [3.63, 3.8) is 0 Å². The van der Waals surface area contributed by atoms with Crippen molar-refractivity contribution in [2.45, 2.75) is 52.3 Å². The van der Waals surface area contributed by atoms with Crippen LogP contribution in [0.5, 0.6) is 5.75 Å². The van der Waals surface area contributed by atoms with Gasteiger partial charge in [0.1, 0.15) is 5.75 Å². The Kier molecular flexibility index (Phi) is 6.11. The molecule has 3 rings (SSSR count). The van der Waals surface area contributed by atoms with Crippen LogP contribution in [0.1, 0.15) is 45.7 Å². The van der Waals surface area contributed by atoms with E-state index in [1.54, 1.807) is 18.9 Å². The summed E-state index contributed by atoms with van der Waals surface area (Å²) in [5.74, 6) is 0.755. The van der Waals surface area contributed by atoms with Crippen molar-refractivity contribution < 1.29 is 19.1 Å². The predicted octanol–water partition coefficient (Wildman–Crippen LogP) is 4.68. The Morgan fingerprint density at radius 1 is 1.14 bits per heavy atom. The maximum Gasteiger partial charge on any atom is 0.407 e. The van der Waals surface area contributed by atoms with E-state index < -0.39 is 6.09 Å². The first-order chi connectivity index (χ1) is 13.8. The second-order valence-electron chi connectivity index (χ2n) is 7.63. The molecule has 29 heavy (non-hydrogen) atoms. The van der Waals surface area contributed by atoms with Gasteiger partial charge in [-0.15, -0.1) is 0 Å². The van der Waals surface area contributed by atoms with Crippen LogP contribution in [0.4, 0.5) is 10.5 Å². The van der Waals surface area contributed by atoms with E-state index in [1.807, 2.05) is 63.2 Å². The summed E-state index contributed by atoms with van der Waals surface area (Å²) in [5.41, 5.74) is 3.71. The van der Waals surface area contributed by atoms with Crippen LogP contribution in [-0.2, 0) is 9.53 Å². The normalized spacial score (nSPS) is 18.2. The van der Waals surface area contributed by atoms with Crippen LogP contribution in [0, 0.1) is 0 Å². The molecule has 0 fully saturated rings. The van der Waals surface area contributed by atoms with Gasteiger partial charge in [-0.1, -0.05) is 18.2 Å². The van der Waals surface area contributed by atoms with E-state index in [-0.39, 0.29) is 24.1 Å². The second kappa shape index (κ2) is 8.55. The minimum absolute atomic E-state index is 0.0175. The highest BCUT2D eigenvalue weighted by atomic mass is 16.6. The Morgan fingerprint density at radius 2 is 1.86 bits per heavy atom. The van der Waals surface area contributed by atoms with E-state index in [1.165, 1.54) is 0 Å². The Hall–Kier alpha value is -3.02. The number of ether oxygens (including phenoxy) is 2. The van der Waals surface area contributed by atoms with E-state index in [4.69, 9.17) is 9.47 Å². The number of carbonyl (C=O) groups is 2. The highest BCUT2D eigenvalue weighted by molar-refractivity contribution is 5.94. The largest absolute Gasteiger partial charge is 0.497 e. The summed E-state index contributed by atoms with van der Waals surface area (Å²) in [5, 5.41) is 2.97. The number of hydrogen-bond donors (Lipinski definition) is 1. The molecule has 0 bridgehead atoms. The van der Waals surface area contributed by atoms with Crippen LogP contribution in [0.25, 0.3) is 11.1 Å². The van der Waals surface area contributed by atoms with Crippen LogP contribution >= 0.6 is 0 Å². The quantitative estimate of drug-likeness (QED) is 0.815. The zero-order valence-electron chi connectivity index (χ0n) is 17.6. The molecular weight excluding hydrogens is 368 g/mol. The molecule has 2 amide bonds. The average molecular weight is 396 g/mol. The van der Waals surface area contributed by atoms with Crippen molar-refractivity contribution in [1.29, 1.82) is 0 Å². The summed E-state index contributed by atoms with van der Waals surface area (Å²) in [7, 11) is 1.64. The van der Waals surface area contributed by atoms with Gasteiger partial charge in [0.25, 0.3) is 0 Å². The molecule has 2 unspecified atom stereocenters. The van der Waals surface area contributed by atoms with Crippen molar-refractivity contribution in [2.75, 3.05) is 12.0 Å². The molecule has 1 aliphatic heterocycles. The van der Waals surface area contributed by atoms with Gasteiger partial charge < -0.3 is 19.7 Å². The van der Waals surface area contributed by atoms with Crippen molar-refractivity contribution >= 4 is 17.7 Å². The Labute approximate surface area is 171 Å². The first-order valence-electron chi connectivity index (χ1n) is 9.85. The standard InChI is InChI=1S/C23H28N2O4/c1-14(2)29-23(27)24-21-11-15(3)25(16(4)26)22-10-9-18(13-20(21)22)17-7-6-8-19(12-17)28-5/h6-10,12-15,21H,11H2,1-5H3,(H,24,27). The predicted molar refractivity (Wildman–Crippen MR) is 113 cm³/mol. The summed E-state index contributed by atoms with van der Waals surface area (Å²) < 4.78 is 10.6. The lowest BCUT2D eigenvalue weighted by molar-refractivity contribution is -0.117. The van der Waals surface area contributed by atoms with Gasteiger partial charge in [0.2, 0.25) is 5.91 Å². The number of anilines is 1. The molecule has 2 aromatic rings. The lowest BCUT2D eigenvalue weighted by atomic mass is 9.89. The molecular formula is C23H28N2O4. The van der Waals surface area contributed by atoms with Crippen LogP contribution in [0.15, 0.2) is 42.5 Å². The minimum Gasteiger partial charge on any atom is -0.497 e. The highest BCUT2D eigenvalue weighted by Gasteiger charge is 2.33. The number of nitrogens with one attached hydrogen (secondary N) is 1. The van der Waals surface area contributed by atoms with E-state index in [2.05, 4.69) is 5.32 Å². The zero-order valence-corrected chi connectivity index (χ0v) is 17.6. The van der Waals surface area contributed by atoms with E-state index in [0.29, 0.717) is 6.42 Å². The number of methoxy groups -OCH3 is 1. The summed E-state index contributed by atoms with van der Waals surface area (Å²) in [4.78, 5) is 26.3. The van der Waals surface area contributed by atoms with Gasteiger partial charge in [0.15, 0.2) is 0 Å². The Balaban J connectivity index is 2.03. The molecule has 1 heterocycles. The third-order valence-corrected chi connectivity index (χ3v) is 5.06. The minimum atomic E-state index is -0.453. The van der Waals surface area contributed by atoms with Gasteiger partial charge in [0.05, 0.1) is 19.3 Å². The monoisotopic (exact) mass is 396 g/mol. The van der Waals surface area contributed by atoms with Crippen LogP contribution in [0.3, 0.4) is 0 Å². The van der Waals surface area contributed by atoms with Gasteiger partial charge in [-0.3, -0.25) is 4.79 Å². The number of nitrogens with zero attached hydrogens (tertiary/aromatic N) is 1. The number of benzene rings is 2. The van der Waals surface area contributed by atoms with Crippen LogP contribution in [-0.4, -0.2) is 31.3 Å². The molecule has 0 aromatic heterocycles. The van der Waals surface area contributed by atoms with Crippen molar-refractivity contribution in [3.8, 4) is 16.9 Å². The number of hydrogen-bond acceptors (Lipinski definition) is 4. The lowest BCUT2D eigenvalue weighted by Crippen LogP contribution is -2.45. The summed E-state index contributed by atoms with van der Waals surface area (Å²) in [6.07, 6.45) is -0.0417. The molecule has 6 heteroatoms. The molecule has 6 nitrogen and oxygen atoms in total. The molecule has 0 radical (unpaired) electrons. The second-order valence-corrected chi connectivity index (χ2v) is 7.63. The molecule has 0 spiro atoms. The third-order valence-electron chi connectivity index (χ3n) is 5.06. The molecule has 0 saturated heterocycles. The average Bonchev–Trinajstić information content (AvgIpc) is 2.66. The van der Waals surface area contributed by atoms with Crippen molar-refractivity contribution in [2.24, 2.45) is 0 Å². The molecule has 1 N–H and O–H groups in total. The number of rotatable bonds is 4. The van der Waals surface area contributed by atoms with Gasteiger partial charge >= 0.3 is 6.09 Å². The molecule has 0 aliphatic carbocycles. The van der Waals surface area contributed by atoms with Gasteiger partial charge in [-0.2, -0.15) is 0 Å². The van der Waals surface area contributed by atoms with E-state index in [9.17, 15) is 9.59 Å². The molecule has 2 atom stereocenters. The SMILES string of the molecule is COc1cccc(-c2ccc3c(c2)C(NC(=O)OC(C)C)CC(C)N3C(C)=O)c1. The van der Waals surface area contributed by atoms with Gasteiger partial charge in [-0.05, 0) is 68.1 Å². The molecule has 154 valence electrons. The molecule has 2 aromatic carbocycles. The van der Waals surface area contributed by atoms with Crippen LogP contribution in [0.2, 0.25) is 0 Å². The molecule has 0 saturated carbocycles. The molecule has 1 aliphatic rings. The Morgan fingerprint density at radius 3 is 2.52 bits per heavy atom. The first-order valence-corrected chi connectivity index (χ1v) is 9.85. The maximum absolute atomic E-state index is 12.3. The lowest BCUT2D eigenvalue weighted by Gasteiger charge is -2.39. The van der Waals surface area contributed by atoms with E-state index >= 15 is 0 Å². The topological polar surface area (TPSA) is 67.9 Å². The number of fused-ring (bicyclic) bond motifs is 1. The fourth-order valence-electron chi connectivity index (χ4n) is 3.85. The first kappa shape index (κ1) is 20.7. The number of carbonyl (C=O) groups excluding carboxylic acids is 2. The fourth-order valence-corrected chi connectivity index (χ4v) is 3.85. The third kappa shape index (κ3) is 4.53. The van der Waals surface area contributed by atoms with E-state index in [0.717, 1.165) is 28.1 Å². The van der Waals surface area contributed by atoms with Crippen molar-refractivity contribution in [3.05, 3.63) is 48.0 Å². The number of alkyl carbamates (subject to hydrolysis) is 1. The fraction of sp³-hybridized carbons (Fsp3) is 0.391. The van der Waals surface area contributed by atoms with Crippen molar-refractivity contribution in [1.82, 2.24) is 5.32 Å².